The summed E-state index contributed by atoms with van der Waals surface area (Å²) in [7, 11) is 0. The topological polar surface area (TPSA) is 64.0 Å². The Morgan fingerprint density at radius 2 is 2.00 bits per heavy atom. The summed E-state index contributed by atoms with van der Waals surface area (Å²) in [5, 5.41) is 4.41. The molecule has 1 fully saturated rings. The van der Waals surface area contributed by atoms with Gasteiger partial charge in [-0.2, -0.15) is 0 Å². The van der Waals surface area contributed by atoms with Gasteiger partial charge in [-0.05, 0) is 51.8 Å². The van der Waals surface area contributed by atoms with Gasteiger partial charge in [0.15, 0.2) is 5.16 Å². The highest BCUT2D eigenvalue weighted by Crippen LogP contribution is 2.26. The van der Waals surface area contributed by atoms with Crippen molar-refractivity contribution < 1.29 is 4.79 Å². The number of nitrogens with zero attached hydrogens (tertiary/aromatic N) is 2. The average molecular weight is 394 g/mol. The van der Waals surface area contributed by atoms with E-state index in [2.05, 4.69) is 10.3 Å². The molecule has 1 aliphatic carbocycles. The molecule has 2 aromatic rings. The quantitative estimate of drug-likeness (QED) is 0.611. The van der Waals surface area contributed by atoms with Gasteiger partial charge in [-0.1, -0.05) is 36.2 Å². The van der Waals surface area contributed by atoms with Crippen LogP contribution in [0.1, 0.15) is 52.5 Å². The van der Waals surface area contributed by atoms with E-state index in [1.54, 1.807) is 22.8 Å². The Balaban J connectivity index is 1.91. The minimum Gasteiger partial charge on any atom is -0.352 e. The van der Waals surface area contributed by atoms with Crippen LogP contribution < -0.4 is 10.9 Å². The summed E-state index contributed by atoms with van der Waals surface area (Å²) in [4.78, 5) is 30.1. The van der Waals surface area contributed by atoms with Crippen molar-refractivity contribution >= 4 is 40.2 Å². The Bertz CT molecular complexity index is 875. The number of carbonyl (C=O) groups is 1. The van der Waals surface area contributed by atoms with E-state index in [1.807, 2.05) is 20.8 Å². The van der Waals surface area contributed by atoms with Crippen LogP contribution in [0.2, 0.25) is 5.02 Å². The molecule has 0 bridgehead atoms. The first-order valence-corrected chi connectivity index (χ1v) is 10.3. The van der Waals surface area contributed by atoms with E-state index in [4.69, 9.17) is 11.6 Å². The van der Waals surface area contributed by atoms with Gasteiger partial charge in [-0.3, -0.25) is 14.2 Å². The number of rotatable bonds is 5. The zero-order chi connectivity index (χ0) is 18.8. The second kappa shape index (κ2) is 8.01. The van der Waals surface area contributed by atoms with E-state index in [0.717, 1.165) is 12.8 Å². The maximum Gasteiger partial charge on any atom is 0.262 e. The van der Waals surface area contributed by atoms with Gasteiger partial charge in [0.1, 0.15) is 0 Å². The average Bonchev–Trinajstić information content (AvgIpc) is 3.07. The van der Waals surface area contributed by atoms with E-state index in [9.17, 15) is 9.59 Å². The first-order valence-electron chi connectivity index (χ1n) is 9.05. The predicted octanol–water partition coefficient (Wildman–Crippen LogP) is 4.17. The third-order valence-electron chi connectivity index (χ3n) is 4.70. The van der Waals surface area contributed by atoms with Crippen LogP contribution in [0.15, 0.2) is 28.2 Å². The van der Waals surface area contributed by atoms with Crippen molar-refractivity contribution in [3.05, 3.63) is 33.6 Å². The molecular formula is C19H24ClN3O2S. The van der Waals surface area contributed by atoms with Gasteiger partial charge in [-0.25, -0.2) is 4.98 Å². The van der Waals surface area contributed by atoms with E-state index < -0.39 is 0 Å². The Labute approximate surface area is 162 Å². The third-order valence-corrected chi connectivity index (χ3v) is 6.00. The fraction of sp³-hybridized carbons (Fsp3) is 0.526. The zero-order valence-electron chi connectivity index (χ0n) is 15.3. The van der Waals surface area contributed by atoms with Crippen LogP contribution >= 0.6 is 23.4 Å². The third kappa shape index (κ3) is 4.07. The molecule has 1 atom stereocenters. The van der Waals surface area contributed by atoms with Gasteiger partial charge in [0.25, 0.3) is 5.56 Å². The molecule has 1 aromatic heterocycles. The Kier molecular flexibility index (Phi) is 5.92. The van der Waals surface area contributed by atoms with Gasteiger partial charge >= 0.3 is 0 Å². The van der Waals surface area contributed by atoms with Gasteiger partial charge in [0, 0.05) is 17.1 Å². The maximum atomic E-state index is 12.9. The normalized spacial score (nSPS) is 16.3. The number of carbonyl (C=O) groups excluding carboxylic acids is 1. The van der Waals surface area contributed by atoms with Crippen molar-refractivity contribution in [2.45, 2.75) is 68.9 Å². The van der Waals surface area contributed by atoms with Crippen molar-refractivity contribution in [1.82, 2.24) is 14.9 Å². The molecule has 0 saturated heterocycles. The van der Waals surface area contributed by atoms with Crippen molar-refractivity contribution in [3.8, 4) is 0 Å². The second-order valence-corrected chi connectivity index (χ2v) is 8.82. The molecule has 0 aliphatic heterocycles. The van der Waals surface area contributed by atoms with Crippen LogP contribution in [-0.4, -0.2) is 26.8 Å². The van der Waals surface area contributed by atoms with Crippen LogP contribution in [0.3, 0.4) is 0 Å². The summed E-state index contributed by atoms with van der Waals surface area (Å²) in [6.45, 7) is 5.74. The Hall–Kier alpha value is -1.53. The molecule has 1 N–H and O–H groups in total. The zero-order valence-corrected chi connectivity index (χ0v) is 16.9. The summed E-state index contributed by atoms with van der Waals surface area (Å²) in [5.41, 5.74) is 0.456. The molecule has 1 amide bonds. The lowest BCUT2D eigenvalue weighted by molar-refractivity contribution is -0.120. The van der Waals surface area contributed by atoms with Crippen molar-refractivity contribution in [2.75, 3.05) is 0 Å². The van der Waals surface area contributed by atoms with Crippen molar-refractivity contribution in [1.29, 1.82) is 0 Å². The molecular weight excluding hydrogens is 370 g/mol. The standard InChI is InChI=1S/C19H24ClN3O2S/c1-11(2)23-18(25)15-9-8-13(20)10-16(15)22-19(23)26-12(3)17(24)21-14-6-4-5-7-14/h8-12,14H,4-7H2,1-3H3,(H,21,24)/t12-/m1/s1. The number of aromatic nitrogens is 2. The molecule has 5 nitrogen and oxygen atoms in total. The Morgan fingerprint density at radius 1 is 1.31 bits per heavy atom. The fourth-order valence-electron chi connectivity index (χ4n) is 3.29. The molecule has 0 radical (unpaired) electrons. The highest BCUT2D eigenvalue weighted by Gasteiger charge is 2.24. The maximum absolute atomic E-state index is 12.9. The number of thioether (sulfide) groups is 1. The van der Waals surface area contributed by atoms with Crippen molar-refractivity contribution in [3.63, 3.8) is 0 Å². The molecule has 1 saturated carbocycles. The van der Waals surface area contributed by atoms with Crippen molar-refractivity contribution in [2.24, 2.45) is 0 Å². The fourth-order valence-corrected chi connectivity index (χ4v) is 4.51. The largest absolute Gasteiger partial charge is 0.352 e. The van der Waals surface area contributed by atoms with E-state index in [1.165, 1.54) is 24.6 Å². The summed E-state index contributed by atoms with van der Waals surface area (Å²) < 4.78 is 1.65. The first-order chi connectivity index (χ1) is 12.4. The smallest absolute Gasteiger partial charge is 0.262 e. The SMILES string of the molecule is CC(C)n1c(S[C@H](C)C(=O)NC2CCCC2)nc2cc(Cl)ccc2c1=O. The second-order valence-electron chi connectivity index (χ2n) is 7.07. The summed E-state index contributed by atoms with van der Waals surface area (Å²) >= 11 is 7.38. The van der Waals surface area contributed by atoms with Gasteiger partial charge in [0.2, 0.25) is 5.91 Å². The van der Waals surface area contributed by atoms with E-state index in [0.29, 0.717) is 21.1 Å². The summed E-state index contributed by atoms with van der Waals surface area (Å²) in [6.07, 6.45) is 4.44. The lowest BCUT2D eigenvalue weighted by Gasteiger charge is -2.20. The van der Waals surface area contributed by atoms with E-state index >= 15 is 0 Å². The van der Waals surface area contributed by atoms with Crippen LogP contribution in [0.25, 0.3) is 10.9 Å². The highest BCUT2D eigenvalue weighted by molar-refractivity contribution is 8.00. The number of fused-ring (bicyclic) bond motifs is 1. The minimum absolute atomic E-state index is 0.00218. The van der Waals surface area contributed by atoms with Gasteiger partial charge in [-0.15, -0.1) is 0 Å². The van der Waals surface area contributed by atoms with E-state index in [-0.39, 0.29) is 28.8 Å². The van der Waals surface area contributed by atoms with Crippen LogP contribution in [-0.2, 0) is 4.79 Å². The molecule has 7 heteroatoms. The predicted molar refractivity (Wildman–Crippen MR) is 107 cm³/mol. The summed E-state index contributed by atoms with van der Waals surface area (Å²) in [5.74, 6) is -0.00218. The molecule has 1 aromatic carbocycles. The number of nitrogens with one attached hydrogen (secondary N) is 1. The van der Waals surface area contributed by atoms with Gasteiger partial charge in [0.05, 0.1) is 16.2 Å². The molecule has 1 aliphatic rings. The molecule has 3 rings (SSSR count). The molecule has 0 unspecified atom stereocenters. The molecule has 1 heterocycles. The minimum atomic E-state index is -0.330. The Morgan fingerprint density at radius 3 is 2.65 bits per heavy atom. The van der Waals surface area contributed by atoms with Crippen LogP contribution in [0, 0.1) is 0 Å². The van der Waals surface area contributed by atoms with Crippen LogP contribution in [0.5, 0.6) is 0 Å². The van der Waals surface area contributed by atoms with Crippen LogP contribution in [0.4, 0.5) is 0 Å². The molecule has 0 spiro atoms. The van der Waals surface area contributed by atoms with Gasteiger partial charge < -0.3 is 5.32 Å². The lowest BCUT2D eigenvalue weighted by Crippen LogP contribution is -2.38. The number of halogens is 1. The highest BCUT2D eigenvalue weighted by atomic mass is 35.5. The summed E-state index contributed by atoms with van der Waals surface area (Å²) in [6, 6.07) is 5.32. The monoisotopic (exact) mass is 393 g/mol. The number of hydrogen-bond acceptors (Lipinski definition) is 4. The number of amides is 1. The first kappa shape index (κ1) is 19.2. The molecule has 26 heavy (non-hydrogen) atoms. The number of hydrogen-bond donors (Lipinski definition) is 1. The lowest BCUT2D eigenvalue weighted by atomic mass is 10.2. The molecule has 140 valence electrons. The number of benzene rings is 1.